The van der Waals surface area contributed by atoms with Crippen molar-refractivity contribution in [3.8, 4) is 17.2 Å². The number of ether oxygens (including phenoxy) is 2. The van der Waals surface area contributed by atoms with E-state index in [2.05, 4.69) is 0 Å². The first-order valence-electron chi connectivity index (χ1n) is 7.65. The zero-order chi connectivity index (χ0) is 17.0. The van der Waals surface area contributed by atoms with Gasteiger partial charge in [0.15, 0.2) is 23.1 Å². The minimum absolute atomic E-state index is 0.0617. The summed E-state index contributed by atoms with van der Waals surface area (Å²) >= 11 is 0. The molecule has 0 amide bonds. The molecule has 3 rings (SSSR count). The fraction of sp³-hybridized carbons (Fsp3) is 0.529. The molecule has 1 aliphatic heterocycles. The minimum Gasteiger partial charge on any atom is -0.504 e. The number of benzene rings is 1. The van der Waals surface area contributed by atoms with E-state index in [1.165, 1.54) is 7.11 Å². The second-order valence-corrected chi connectivity index (χ2v) is 6.35. The highest BCUT2D eigenvalue weighted by Gasteiger charge is 2.50. The van der Waals surface area contributed by atoms with E-state index in [0.29, 0.717) is 6.42 Å². The third-order valence-electron chi connectivity index (χ3n) is 4.96. The topological polar surface area (TPSA) is 93.1 Å². The Morgan fingerprint density at radius 1 is 1.09 bits per heavy atom. The van der Waals surface area contributed by atoms with Crippen LogP contribution >= 0.6 is 0 Å². The number of phenols is 2. The second kappa shape index (κ2) is 5.23. The maximum atomic E-state index is 12.9. The van der Waals surface area contributed by atoms with Gasteiger partial charge < -0.3 is 19.7 Å². The van der Waals surface area contributed by atoms with Gasteiger partial charge in [0, 0.05) is 17.0 Å². The van der Waals surface area contributed by atoms with Crippen LogP contribution in [0.15, 0.2) is 0 Å². The predicted octanol–water partition coefficient (Wildman–Crippen LogP) is 2.22. The fourth-order valence-corrected chi connectivity index (χ4v) is 3.92. The summed E-state index contributed by atoms with van der Waals surface area (Å²) in [5.41, 5.74) is 0.306. The van der Waals surface area contributed by atoms with Crippen LogP contribution in [0.5, 0.6) is 17.2 Å². The van der Waals surface area contributed by atoms with Crippen LogP contribution in [0.1, 0.15) is 46.5 Å². The molecule has 1 aliphatic carbocycles. The van der Waals surface area contributed by atoms with Crippen LogP contribution < -0.4 is 4.74 Å². The highest BCUT2D eigenvalue weighted by Crippen LogP contribution is 2.50. The molecule has 1 saturated heterocycles. The Morgan fingerprint density at radius 2 is 1.74 bits per heavy atom. The Labute approximate surface area is 134 Å². The Morgan fingerprint density at radius 3 is 2.35 bits per heavy atom. The summed E-state index contributed by atoms with van der Waals surface area (Å²) in [6.07, 6.45) is -0.0791. The van der Waals surface area contributed by atoms with Gasteiger partial charge in [-0.1, -0.05) is 0 Å². The summed E-state index contributed by atoms with van der Waals surface area (Å²) in [5.74, 6) is -2.63. The standard InChI is InChI=1S/C17H20O6/c1-6-5-9-11(8(3)23-6)15(20)12-10(14(9)19)7(2)13(18)17(22-4)16(12)21/h6,8-9,11,18,21H,5H2,1-4H3/t6-,8+,9+,11+/m0/s1. The predicted molar refractivity (Wildman–Crippen MR) is 81.3 cm³/mol. The fourth-order valence-electron chi connectivity index (χ4n) is 3.92. The number of Topliss-reactive ketones (excluding diaryl/α,β-unsaturated/α-hetero) is 2. The lowest BCUT2D eigenvalue weighted by Crippen LogP contribution is -2.49. The molecular weight excluding hydrogens is 300 g/mol. The Kier molecular flexibility index (Phi) is 3.59. The summed E-state index contributed by atoms with van der Waals surface area (Å²) < 4.78 is 10.7. The van der Waals surface area contributed by atoms with Gasteiger partial charge in [0.2, 0.25) is 5.75 Å². The number of ketones is 2. The van der Waals surface area contributed by atoms with E-state index >= 15 is 0 Å². The summed E-state index contributed by atoms with van der Waals surface area (Å²) in [5, 5.41) is 20.5. The molecule has 0 bridgehead atoms. The zero-order valence-electron chi connectivity index (χ0n) is 13.5. The summed E-state index contributed by atoms with van der Waals surface area (Å²) in [4.78, 5) is 25.9. The van der Waals surface area contributed by atoms with Gasteiger partial charge in [-0.2, -0.15) is 0 Å². The molecule has 1 aromatic rings. The number of carbonyl (C=O) groups excluding carboxylic acids is 2. The average molecular weight is 320 g/mol. The third-order valence-corrected chi connectivity index (χ3v) is 4.96. The van der Waals surface area contributed by atoms with Crippen molar-refractivity contribution in [3.63, 3.8) is 0 Å². The van der Waals surface area contributed by atoms with Crippen molar-refractivity contribution < 1.29 is 29.3 Å². The number of phenolic OH excluding ortho intramolecular Hbond substituents is 2. The number of carbonyl (C=O) groups is 2. The van der Waals surface area contributed by atoms with Gasteiger partial charge in [-0.3, -0.25) is 9.59 Å². The van der Waals surface area contributed by atoms with Crippen molar-refractivity contribution in [2.45, 2.75) is 39.4 Å². The SMILES string of the molecule is COc1c(O)c(C)c2c(c1O)C(=O)[C@@H]1[C@@H](C)O[C@@H](C)C[C@H]1C2=O. The van der Waals surface area contributed by atoms with Crippen LogP contribution in [-0.4, -0.2) is 41.1 Å². The maximum absolute atomic E-state index is 12.9. The van der Waals surface area contributed by atoms with E-state index in [-0.39, 0.29) is 45.9 Å². The molecule has 23 heavy (non-hydrogen) atoms. The smallest absolute Gasteiger partial charge is 0.203 e. The van der Waals surface area contributed by atoms with Gasteiger partial charge in [0.1, 0.15) is 0 Å². The van der Waals surface area contributed by atoms with E-state index in [4.69, 9.17) is 9.47 Å². The van der Waals surface area contributed by atoms with E-state index < -0.39 is 23.7 Å². The van der Waals surface area contributed by atoms with Gasteiger partial charge in [-0.05, 0) is 27.2 Å². The lowest BCUT2D eigenvalue weighted by Gasteiger charge is -2.41. The molecule has 2 N–H and O–H groups in total. The van der Waals surface area contributed by atoms with Gasteiger partial charge in [0.05, 0.1) is 30.8 Å². The molecule has 124 valence electrons. The Bertz CT molecular complexity index is 708. The lowest BCUT2D eigenvalue weighted by atomic mass is 9.67. The average Bonchev–Trinajstić information content (AvgIpc) is 2.48. The largest absolute Gasteiger partial charge is 0.504 e. The number of fused-ring (bicyclic) bond motifs is 2. The van der Waals surface area contributed by atoms with Crippen molar-refractivity contribution in [1.82, 2.24) is 0 Å². The highest BCUT2D eigenvalue weighted by molar-refractivity contribution is 6.19. The Balaban J connectivity index is 2.27. The molecule has 6 heteroatoms. The molecular formula is C17H20O6. The first kappa shape index (κ1) is 15.8. The number of hydrogen-bond acceptors (Lipinski definition) is 6. The molecule has 0 spiro atoms. The monoisotopic (exact) mass is 320 g/mol. The molecule has 0 radical (unpaired) electrons. The van der Waals surface area contributed by atoms with Crippen molar-refractivity contribution in [3.05, 3.63) is 16.7 Å². The van der Waals surface area contributed by atoms with Crippen LogP contribution in [0.2, 0.25) is 0 Å². The van der Waals surface area contributed by atoms with Crippen molar-refractivity contribution >= 4 is 11.6 Å². The quantitative estimate of drug-likeness (QED) is 0.824. The van der Waals surface area contributed by atoms with E-state index in [1.807, 2.05) is 6.92 Å². The molecule has 2 aliphatic rings. The van der Waals surface area contributed by atoms with E-state index in [9.17, 15) is 19.8 Å². The second-order valence-electron chi connectivity index (χ2n) is 6.35. The molecule has 1 fully saturated rings. The van der Waals surface area contributed by atoms with Gasteiger partial charge in [0.25, 0.3) is 0 Å². The van der Waals surface area contributed by atoms with Crippen LogP contribution in [0.4, 0.5) is 0 Å². The molecule has 0 aromatic heterocycles. The first-order chi connectivity index (χ1) is 10.8. The van der Waals surface area contributed by atoms with Crippen LogP contribution in [-0.2, 0) is 4.74 Å². The van der Waals surface area contributed by atoms with Gasteiger partial charge in [-0.15, -0.1) is 0 Å². The number of hydrogen-bond donors (Lipinski definition) is 2. The molecule has 1 heterocycles. The zero-order valence-corrected chi connectivity index (χ0v) is 13.5. The lowest BCUT2D eigenvalue weighted by molar-refractivity contribution is -0.0745. The number of aromatic hydroxyl groups is 2. The number of methoxy groups -OCH3 is 1. The minimum atomic E-state index is -0.620. The Hall–Kier alpha value is -2.08. The molecule has 4 atom stereocenters. The summed E-state index contributed by atoms with van der Waals surface area (Å²) in [7, 11) is 1.28. The van der Waals surface area contributed by atoms with E-state index in [1.54, 1.807) is 13.8 Å². The van der Waals surface area contributed by atoms with Crippen molar-refractivity contribution in [2.75, 3.05) is 7.11 Å². The van der Waals surface area contributed by atoms with E-state index in [0.717, 1.165) is 0 Å². The van der Waals surface area contributed by atoms with Crippen LogP contribution in [0.25, 0.3) is 0 Å². The summed E-state index contributed by atoms with van der Waals surface area (Å²) in [6.45, 7) is 5.19. The first-order valence-corrected chi connectivity index (χ1v) is 7.65. The molecule has 6 nitrogen and oxygen atoms in total. The highest BCUT2D eigenvalue weighted by atomic mass is 16.5. The third kappa shape index (κ3) is 2.05. The number of rotatable bonds is 1. The molecule has 0 unspecified atom stereocenters. The summed E-state index contributed by atoms with van der Waals surface area (Å²) in [6, 6.07) is 0. The van der Waals surface area contributed by atoms with Crippen molar-refractivity contribution in [1.29, 1.82) is 0 Å². The van der Waals surface area contributed by atoms with Gasteiger partial charge in [-0.25, -0.2) is 0 Å². The van der Waals surface area contributed by atoms with Gasteiger partial charge >= 0.3 is 0 Å². The molecule has 1 aromatic carbocycles. The normalized spacial score (nSPS) is 29.9. The maximum Gasteiger partial charge on any atom is 0.203 e. The van der Waals surface area contributed by atoms with Crippen LogP contribution in [0.3, 0.4) is 0 Å². The van der Waals surface area contributed by atoms with Crippen LogP contribution in [0, 0.1) is 18.8 Å². The van der Waals surface area contributed by atoms with Crippen molar-refractivity contribution in [2.24, 2.45) is 11.8 Å². The molecule has 0 saturated carbocycles.